The van der Waals surface area contributed by atoms with E-state index in [1.807, 2.05) is 50.2 Å². The summed E-state index contributed by atoms with van der Waals surface area (Å²) in [5, 5.41) is 4.06. The van der Waals surface area contributed by atoms with E-state index >= 15 is 0 Å². The fourth-order valence-electron chi connectivity index (χ4n) is 6.33. The molecule has 0 radical (unpaired) electrons. The van der Waals surface area contributed by atoms with Gasteiger partial charge in [0.05, 0.1) is 22.7 Å². The number of halogens is 1. The first-order valence-corrected chi connectivity index (χ1v) is 15.2. The van der Waals surface area contributed by atoms with Gasteiger partial charge in [0.25, 0.3) is 5.56 Å². The third kappa shape index (κ3) is 4.99. The van der Waals surface area contributed by atoms with Crippen LogP contribution in [0.2, 0.25) is 5.02 Å². The number of hydrogen-bond acceptors (Lipinski definition) is 4. The minimum atomic E-state index is -0.206. The van der Waals surface area contributed by atoms with E-state index in [0.29, 0.717) is 15.9 Å². The van der Waals surface area contributed by atoms with E-state index < -0.39 is 0 Å². The van der Waals surface area contributed by atoms with Crippen LogP contribution >= 0.6 is 23.4 Å². The fraction of sp³-hybridized carbons (Fsp3) is 0.303. The number of nitrogens with zero attached hydrogens (tertiary/aromatic N) is 2. The van der Waals surface area contributed by atoms with Crippen LogP contribution in [0.5, 0.6) is 0 Å². The molecule has 0 aliphatic heterocycles. The third-order valence-electron chi connectivity index (χ3n) is 8.26. The van der Waals surface area contributed by atoms with Gasteiger partial charge in [-0.2, -0.15) is 0 Å². The van der Waals surface area contributed by atoms with E-state index in [0.717, 1.165) is 65.7 Å². The molecule has 0 atom stereocenters. The van der Waals surface area contributed by atoms with Crippen molar-refractivity contribution in [1.82, 2.24) is 9.55 Å². The molecule has 1 heterocycles. The van der Waals surface area contributed by atoms with Crippen LogP contribution in [0.3, 0.4) is 0 Å². The number of aryl methyl sites for hydroxylation is 2. The van der Waals surface area contributed by atoms with Crippen LogP contribution in [-0.4, -0.2) is 21.2 Å². The summed E-state index contributed by atoms with van der Waals surface area (Å²) in [7, 11) is 0. The highest BCUT2D eigenvalue weighted by molar-refractivity contribution is 7.99. The molecular weight excluding hydrogens is 538 g/mol. The molecule has 1 N–H and O–H groups in total. The van der Waals surface area contributed by atoms with Crippen molar-refractivity contribution in [3.8, 4) is 16.9 Å². The number of rotatable bonds is 5. The van der Waals surface area contributed by atoms with Gasteiger partial charge in [-0.15, -0.1) is 0 Å². The Kier molecular flexibility index (Phi) is 7.32. The summed E-state index contributed by atoms with van der Waals surface area (Å²) in [6, 6.07) is 21.7. The summed E-state index contributed by atoms with van der Waals surface area (Å²) < 4.78 is 1.73. The molecule has 2 aliphatic carbocycles. The highest BCUT2D eigenvalue weighted by Gasteiger charge is 2.43. The normalized spacial score (nSPS) is 15.4. The lowest BCUT2D eigenvalue weighted by Gasteiger charge is -2.42. The Morgan fingerprint density at radius 3 is 2.62 bits per heavy atom. The zero-order chi connectivity index (χ0) is 27.9. The minimum absolute atomic E-state index is 0.0133. The fourth-order valence-corrected chi connectivity index (χ4v) is 7.30. The molecule has 1 spiro atoms. The van der Waals surface area contributed by atoms with Crippen molar-refractivity contribution < 1.29 is 4.79 Å². The van der Waals surface area contributed by atoms with E-state index in [1.165, 1.54) is 23.7 Å². The van der Waals surface area contributed by atoms with Crippen LogP contribution in [0.1, 0.15) is 54.4 Å². The number of fused-ring (bicyclic) bond motifs is 4. The predicted octanol–water partition coefficient (Wildman–Crippen LogP) is 7.66. The molecular formula is C33H32ClN3O2S. The van der Waals surface area contributed by atoms with Gasteiger partial charge in [0.1, 0.15) is 0 Å². The maximum atomic E-state index is 14.6. The molecule has 2 aliphatic rings. The Labute approximate surface area is 244 Å². The van der Waals surface area contributed by atoms with Gasteiger partial charge in [-0.05, 0) is 74.1 Å². The zero-order valence-corrected chi connectivity index (χ0v) is 24.4. The van der Waals surface area contributed by atoms with Gasteiger partial charge in [-0.3, -0.25) is 14.2 Å². The highest BCUT2D eigenvalue weighted by Crippen LogP contribution is 2.49. The standard InChI is InChI=1S/C33H32ClN3O2S/c1-21-9-8-11-25(17-21)37-31(39)29-30(26-12-5-4-10-23(26)19-33(29)15-6-3-7-16-33)36-32(37)40-20-28(38)35-27-18-24(34)14-13-22(27)2/h4-5,8-14,17-18H,3,6-7,15-16,19-20H2,1-2H3,(H,35,38). The van der Waals surface area contributed by atoms with Gasteiger partial charge in [0.2, 0.25) is 5.91 Å². The lowest BCUT2D eigenvalue weighted by molar-refractivity contribution is -0.113. The van der Waals surface area contributed by atoms with E-state index in [4.69, 9.17) is 16.6 Å². The smallest absolute Gasteiger partial charge is 0.263 e. The molecule has 5 nitrogen and oxygen atoms in total. The molecule has 6 rings (SSSR count). The van der Waals surface area contributed by atoms with Crippen molar-refractivity contribution in [2.45, 2.75) is 62.9 Å². The van der Waals surface area contributed by atoms with Gasteiger partial charge in [0.15, 0.2) is 5.16 Å². The average Bonchev–Trinajstić information content (AvgIpc) is 2.94. The van der Waals surface area contributed by atoms with Crippen molar-refractivity contribution in [1.29, 1.82) is 0 Å². The van der Waals surface area contributed by atoms with Crippen LogP contribution in [0, 0.1) is 13.8 Å². The molecule has 1 fully saturated rings. The van der Waals surface area contributed by atoms with Crippen molar-refractivity contribution >= 4 is 35.0 Å². The Morgan fingerprint density at radius 1 is 1.02 bits per heavy atom. The average molecular weight is 570 g/mol. The van der Waals surface area contributed by atoms with E-state index in [9.17, 15) is 9.59 Å². The number of anilines is 1. The molecule has 0 unspecified atom stereocenters. The molecule has 4 aromatic rings. The van der Waals surface area contributed by atoms with Crippen LogP contribution in [0.4, 0.5) is 5.69 Å². The Balaban J connectivity index is 1.47. The molecule has 1 amide bonds. The number of hydrogen-bond donors (Lipinski definition) is 1. The zero-order valence-electron chi connectivity index (χ0n) is 22.8. The molecule has 0 saturated heterocycles. The first-order valence-electron chi connectivity index (χ1n) is 13.9. The van der Waals surface area contributed by atoms with Gasteiger partial charge in [0, 0.05) is 21.7 Å². The SMILES string of the molecule is Cc1cccc(-n2c(SCC(=O)Nc3cc(Cl)ccc3C)nc3c(c2=O)C2(CCCCC2)Cc2ccccc2-3)c1. The molecule has 204 valence electrons. The lowest BCUT2D eigenvalue weighted by atomic mass is 9.62. The first kappa shape index (κ1) is 26.9. The quantitative estimate of drug-likeness (QED) is 0.198. The highest BCUT2D eigenvalue weighted by atomic mass is 35.5. The summed E-state index contributed by atoms with van der Waals surface area (Å²) in [4.78, 5) is 32.9. The topological polar surface area (TPSA) is 64.0 Å². The number of nitrogens with one attached hydrogen (secondary N) is 1. The van der Waals surface area contributed by atoms with Gasteiger partial charge in [-0.25, -0.2) is 4.98 Å². The van der Waals surface area contributed by atoms with Gasteiger partial charge >= 0.3 is 0 Å². The second-order valence-corrected chi connectivity index (χ2v) is 12.4. The Hall–Kier alpha value is -3.35. The summed E-state index contributed by atoms with van der Waals surface area (Å²) in [5.74, 6) is -0.0715. The summed E-state index contributed by atoms with van der Waals surface area (Å²) in [6.07, 6.45) is 6.29. The number of carbonyl (C=O) groups excluding carboxylic acids is 1. The maximum absolute atomic E-state index is 14.6. The van der Waals surface area contributed by atoms with Crippen molar-refractivity contribution in [2.24, 2.45) is 0 Å². The van der Waals surface area contributed by atoms with Crippen LogP contribution in [0.15, 0.2) is 76.7 Å². The number of carbonyl (C=O) groups is 1. The number of thioether (sulfide) groups is 1. The van der Waals surface area contributed by atoms with Crippen molar-refractivity contribution in [3.63, 3.8) is 0 Å². The number of aromatic nitrogens is 2. The number of amides is 1. The molecule has 0 bridgehead atoms. The first-order chi connectivity index (χ1) is 19.3. The van der Waals surface area contributed by atoms with Crippen LogP contribution in [0.25, 0.3) is 16.9 Å². The van der Waals surface area contributed by atoms with Crippen LogP contribution in [-0.2, 0) is 16.6 Å². The van der Waals surface area contributed by atoms with E-state index in [2.05, 4.69) is 23.5 Å². The molecule has 3 aromatic carbocycles. The Bertz CT molecular complexity index is 1670. The van der Waals surface area contributed by atoms with Crippen LogP contribution < -0.4 is 10.9 Å². The molecule has 1 saturated carbocycles. The second-order valence-electron chi connectivity index (χ2n) is 11.1. The monoisotopic (exact) mass is 569 g/mol. The molecule has 40 heavy (non-hydrogen) atoms. The predicted molar refractivity (Wildman–Crippen MR) is 164 cm³/mol. The molecule has 1 aromatic heterocycles. The van der Waals surface area contributed by atoms with Gasteiger partial charge in [-0.1, -0.05) is 85.1 Å². The summed E-state index contributed by atoms with van der Waals surface area (Å²) >= 11 is 7.45. The minimum Gasteiger partial charge on any atom is -0.325 e. The lowest BCUT2D eigenvalue weighted by Crippen LogP contribution is -2.43. The second kappa shape index (κ2) is 10.9. The van der Waals surface area contributed by atoms with E-state index in [1.54, 1.807) is 16.7 Å². The maximum Gasteiger partial charge on any atom is 0.263 e. The molecule has 7 heteroatoms. The van der Waals surface area contributed by atoms with Crippen molar-refractivity contribution in [2.75, 3.05) is 11.1 Å². The Morgan fingerprint density at radius 2 is 1.82 bits per heavy atom. The van der Waals surface area contributed by atoms with Gasteiger partial charge < -0.3 is 5.32 Å². The largest absolute Gasteiger partial charge is 0.325 e. The number of benzene rings is 3. The summed E-state index contributed by atoms with van der Waals surface area (Å²) in [5.41, 5.74) is 7.14. The van der Waals surface area contributed by atoms with E-state index in [-0.39, 0.29) is 22.6 Å². The summed E-state index contributed by atoms with van der Waals surface area (Å²) in [6.45, 7) is 3.95. The third-order valence-corrected chi connectivity index (χ3v) is 9.43. The van der Waals surface area contributed by atoms with Crippen molar-refractivity contribution in [3.05, 3.63) is 104 Å².